The van der Waals surface area contributed by atoms with Gasteiger partial charge in [0.05, 0.1) is 6.42 Å². The third kappa shape index (κ3) is 5.45. The minimum absolute atomic E-state index is 0.0288. The van der Waals surface area contributed by atoms with Crippen LogP contribution in [0.5, 0.6) is 11.5 Å². The lowest BCUT2D eigenvalue weighted by Crippen LogP contribution is -2.44. The van der Waals surface area contributed by atoms with Crippen molar-refractivity contribution in [3.05, 3.63) is 18.2 Å². The summed E-state index contributed by atoms with van der Waals surface area (Å²) in [7, 11) is 0. The van der Waals surface area contributed by atoms with Crippen LogP contribution in [0.1, 0.15) is 45.4 Å². The van der Waals surface area contributed by atoms with E-state index in [1.165, 1.54) is 0 Å². The molecule has 1 aromatic carbocycles. The Morgan fingerprint density at radius 3 is 2.61 bits per heavy atom. The molecule has 28 heavy (non-hydrogen) atoms. The molecule has 1 heterocycles. The number of carbonyl (C=O) groups is 3. The summed E-state index contributed by atoms with van der Waals surface area (Å²) in [6, 6.07) is 5.13. The monoisotopic (exact) mass is 388 g/mol. The number of hydrogen-bond donors (Lipinski definition) is 3. The molecule has 2 aliphatic rings. The fraction of sp³-hybridized carbons (Fsp3) is 0.474. The Morgan fingerprint density at radius 2 is 1.82 bits per heavy atom. The Labute approximate surface area is 162 Å². The van der Waals surface area contributed by atoms with Crippen molar-refractivity contribution in [2.24, 2.45) is 5.10 Å². The van der Waals surface area contributed by atoms with Gasteiger partial charge in [0.15, 0.2) is 11.5 Å². The van der Waals surface area contributed by atoms with Gasteiger partial charge in [-0.1, -0.05) is 19.3 Å². The van der Waals surface area contributed by atoms with Gasteiger partial charge in [-0.25, -0.2) is 5.43 Å². The predicted molar refractivity (Wildman–Crippen MR) is 102 cm³/mol. The first-order chi connectivity index (χ1) is 13.5. The van der Waals surface area contributed by atoms with Gasteiger partial charge in [0.1, 0.15) is 0 Å². The van der Waals surface area contributed by atoms with Gasteiger partial charge in [-0.05, 0) is 31.9 Å². The highest BCUT2D eigenvalue weighted by Crippen LogP contribution is 2.34. The molecule has 1 saturated carbocycles. The molecule has 9 nitrogen and oxygen atoms in total. The van der Waals surface area contributed by atoms with Crippen molar-refractivity contribution < 1.29 is 23.9 Å². The highest BCUT2D eigenvalue weighted by Gasteiger charge is 2.20. The second kappa shape index (κ2) is 9.20. The van der Waals surface area contributed by atoms with E-state index in [9.17, 15) is 14.4 Å². The average molecular weight is 388 g/mol. The number of rotatable bonds is 5. The molecule has 3 rings (SSSR count). The molecule has 1 aliphatic heterocycles. The lowest BCUT2D eigenvalue weighted by atomic mass is 9.95. The summed E-state index contributed by atoms with van der Waals surface area (Å²) in [6.07, 6.45) is 5.03. The normalized spacial score (nSPS) is 16.4. The quantitative estimate of drug-likeness (QED) is 0.403. The molecular formula is C19H24N4O5. The van der Waals surface area contributed by atoms with E-state index in [-0.39, 0.29) is 25.2 Å². The second-order valence-electron chi connectivity index (χ2n) is 6.89. The Morgan fingerprint density at radius 1 is 1.07 bits per heavy atom. The highest BCUT2D eigenvalue weighted by molar-refractivity contribution is 6.35. The number of hydrogen-bond acceptors (Lipinski definition) is 6. The van der Waals surface area contributed by atoms with Crippen LogP contribution in [-0.4, -0.2) is 36.3 Å². The van der Waals surface area contributed by atoms with Crippen molar-refractivity contribution in [2.75, 3.05) is 12.1 Å². The number of benzene rings is 1. The van der Waals surface area contributed by atoms with E-state index in [1.807, 2.05) is 0 Å². The molecule has 0 atom stereocenters. The minimum atomic E-state index is -0.832. The molecule has 1 fully saturated rings. The van der Waals surface area contributed by atoms with Gasteiger partial charge < -0.3 is 20.1 Å². The Kier molecular flexibility index (Phi) is 6.46. The molecule has 0 saturated heterocycles. The Hall–Kier alpha value is -3.10. The molecule has 3 amide bonds. The molecule has 0 unspecified atom stereocenters. The van der Waals surface area contributed by atoms with Crippen molar-refractivity contribution >= 4 is 29.1 Å². The standard InChI is InChI=1S/C19H24N4O5/c1-12(22-23-19(26)18(25)21-13-5-3-2-4-6-13)9-17(24)20-14-7-8-15-16(10-14)28-11-27-15/h7-8,10,13H,2-6,9,11H2,1H3,(H,20,24)(H,21,25)(H,23,26)/b22-12-. The molecule has 3 N–H and O–H groups in total. The van der Waals surface area contributed by atoms with Gasteiger partial charge in [0.25, 0.3) is 0 Å². The van der Waals surface area contributed by atoms with E-state index < -0.39 is 11.8 Å². The number of nitrogens with one attached hydrogen (secondary N) is 3. The largest absolute Gasteiger partial charge is 0.454 e. The summed E-state index contributed by atoms with van der Waals surface area (Å²) >= 11 is 0. The summed E-state index contributed by atoms with van der Waals surface area (Å²) in [5.74, 6) is -0.639. The van der Waals surface area contributed by atoms with Crippen LogP contribution in [-0.2, 0) is 14.4 Å². The van der Waals surface area contributed by atoms with Gasteiger partial charge in [-0.2, -0.15) is 5.10 Å². The molecule has 0 aromatic heterocycles. The van der Waals surface area contributed by atoms with E-state index in [1.54, 1.807) is 25.1 Å². The van der Waals surface area contributed by atoms with Crippen LogP contribution in [0.3, 0.4) is 0 Å². The zero-order valence-electron chi connectivity index (χ0n) is 15.7. The minimum Gasteiger partial charge on any atom is -0.454 e. The first-order valence-electron chi connectivity index (χ1n) is 9.35. The Bertz CT molecular complexity index is 787. The number of amides is 3. The smallest absolute Gasteiger partial charge is 0.329 e. The van der Waals surface area contributed by atoms with E-state index >= 15 is 0 Å². The van der Waals surface area contributed by atoms with Gasteiger partial charge in [0.2, 0.25) is 12.7 Å². The SMILES string of the molecule is C/C(CC(=O)Nc1ccc2c(c1)OCO2)=N/NC(=O)C(=O)NC1CCCCC1. The first-order valence-corrected chi connectivity index (χ1v) is 9.35. The maximum Gasteiger partial charge on any atom is 0.329 e. The summed E-state index contributed by atoms with van der Waals surface area (Å²) < 4.78 is 10.5. The number of fused-ring (bicyclic) bond motifs is 1. The molecular weight excluding hydrogens is 364 g/mol. The van der Waals surface area contributed by atoms with Gasteiger partial charge in [-0.3, -0.25) is 14.4 Å². The fourth-order valence-electron chi connectivity index (χ4n) is 3.15. The fourth-order valence-corrected chi connectivity index (χ4v) is 3.15. The van der Waals surface area contributed by atoms with Crippen molar-refractivity contribution in [1.29, 1.82) is 0 Å². The molecule has 1 aromatic rings. The zero-order chi connectivity index (χ0) is 19.9. The lowest BCUT2D eigenvalue weighted by molar-refractivity contribution is -0.139. The molecule has 9 heteroatoms. The third-order valence-corrected chi connectivity index (χ3v) is 4.57. The maximum absolute atomic E-state index is 12.1. The number of carbonyl (C=O) groups excluding carboxylic acids is 3. The first kappa shape index (κ1) is 19.7. The Balaban J connectivity index is 1.43. The zero-order valence-corrected chi connectivity index (χ0v) is 15.7. The van der Waals surface area contributed by atoms with Crippen molar-refractivity contribution in [3.63, 3.8) is 0 Å². The number of nitrogens with zero attached hydrogens (tertiary/aromatic N) is 1. The summed E-state index contributed by atoms with van der Waals surface area (Å²) in [5.41, 5.74) is 3.14. The topological polar surface area (TPSA) is 118 Å². The van der Waals surface area contributed by atoms with E-state index in [4.69, 9.17) is 9.47 Å². The van der Waals surface area contributed by atoms with Crippen LogP contribution in [0.15, 0.2) is 23.3 Å². The average Bonchev–Trinajstić information content (AvgIpc) is 3.14. The highest BCUT2D eigenvalue weighted by atomic mass is 16.7. The molecule has 150 valence electrons. The number of anilines is 1. The predicted octanol–water partition coefficient (Wildman–Crippen LogP) is 1.68. The maximum atomic E-state index is 12.1. The van der Waals surface area contributed by atoms with Gasteiger partial charge in [0, 0.05) is 23.5 Å². The van der Waals surface area contributed by atoms with Crippen LogP contribution in [0, 0.1) is 0 Å². The lowest BCUT2D eigenvalue weighted by Gasteiger charge is -2.22. The van der Waals surface area contributed by atoms with Crippen LogP contribution in [0.2, 0.25) is 0 Å². The van der Waals surface area contributed by atoms with Crippen molar-refractivity contribution in [2.45, 2.75) is 51.5 Å². The third-order valence-electron chi connectivity index (χ3n) is 4.57. The summed E-state index contributed by atoms with van der Waals surface area (Å²) in [5, 5.41) is 9.26. The second-order valence-corrected chi connectivity index (χ2v) is 6.89. The van der Waals surface area contributed by atoms with E-state index in [0.717, 1.165) is 32.1 Å². The van der Waals surface area contributed by atoms with Crippen LogP contribution >= 0.6 is 0 Å². The van der Waals surface area contributed by atoms with Crippen molar-refractivity contribution in [3.8, 4) is 11.5 Å². The molecule has 0 radical (unpaired) electrons. The van der Waals surface area contributed by atoms with E-state index in [2.05, 4.69) is 21.2 Å². The summed E-state index contributed by atoms with van der Waals surface area (Å²) in [4.78, 5) is 35.8. The summed E-state index contributed by atoms with van der Waals surface area (Å²) in [6.45, 7) is 1.76. The number of ether oxygens (including phenoxy) is 2. The van der Waals surface area contributed by atoms with Crippen molar-refractivity contribution in [1.82, 2.24) is 10.7 Å². The molecule has 0 spiro atoms. The van der Waals surface area contributed by atoms with Crippen LogP contribution in [0.25, 0.3) is 0 Å². The molecule has 1 aliphatic carbocycles. The van der Waals surface area contributed by atoms with Crippen LogP contribution in [0.4, 0.5) is 5.69 Å². The number of hydrazone groups is 1. The van der Waals surface area contributed by atoms with Crippen LogP contribution < -0.4 is 25.5 Å². The van der Waals surface area contributed by atoms with E-state index in [0.29, 0.717) is 22.9 Å². The van der Waals surface area contributed by atoms with Gasteiger partial charge >= 0.3 is 11.8 Å². The van der Waals surface area contributed by atoms with Gasteiger partial charge in [-0.15, -0.1) is 0 Å². The molecule has 0 bridgehead atoms.